The topological polar surface area (TPSA) is 42.5 Å². The fourth-order valence-corrected chi connectivity index (χ4v) is 1.32. The molecule has 0 aromatic rings. The molecule has 0 aromatic heterocycles. The molecule has 0 aliphatic carbocycles. The second-order valence-electron chi connectivity index (χ2n) is 3.84. The molecule has 92 valence electrons. The molecule has 1 unspecified atom stereocenters. The summed E-state index contributed by atoms with van der Waals surface area (Å²) in [7, 11) is 3.47. The van der Waals surface area contributed by atoms with E-state index in [1.54, 1.807) is 14.2 Å². The molecule has 4 nitrogen and oxygen atoms in total. The van der Waals surface area contributed by atoms with E-state index in [1.807, 2.05) is 0 Å². The normalized spacial score (nSPS) is 13.0. The number of rotatable bonds is 11. The lowest BCUT2D eigenvalue weighted by Gasteiger charge is -2.10. The second kappa shape index (κ2) is 11.9. The van der Waals surface area contributed by atoms with Gasteiger partial charge in [0.1, 0.15) is 0 Å². The molecule has 4 heteroatoms. The molecule has 0 amide bonds. The van der Waals surface area contributed by atoms with E-state index in [0.717, 1.165) is 39.4 Å². The van der Waals surface area contributed by atoms with Gasteiger partial charge in [-0.3, -0.25) is 0 Å². The van der Waals surface area contributed by atoms with Crippen molar-refractivity contribution in [2.75, 3.05) is 53.6 Å². The summed E-state index contributed by atoms with van der Waals surface area (Å²) < 4.78 is 10.0. The number of nitrogens with one attached hydrogen (secondary N) is 2. The minimum Gasteiger partial charge on any atom is -0.384 e. The molecule has 15 heavy (non-hydrogen) atoms. The Morgan fingerprint density at radius 2 is 1.60 bits per heavy atom. The van der Waals surface area contributed by atoms with E-state index in [9.17, 15) is 0 Å². The number of hydrogen-bond donors (Lipinski definition) is 2. The standard InChI is InChI=1S/C11H26N2O2/c1-11(10-15-3)4-5-12-6-7-13-8-9-14-2/h11-13H,4-10H2,1-3H3. The van der Waals surface area contributed by atoms with Crippen molar-refractivity contribution in [3.8, 4) is 0 Å². The van der Waals surface area contributed by atoms with Crippen molar-refractivity contribution in [2.24, 2.45) is 5.92 Å². The van der Waals surface area contributed by atoms with Crippen LogP contribution in [0.15, 0.2) is 0 Å². The van der Waals surface area contributed by atoms with E-state index in [0.29, 0.717) is 5.92 Å². The molecule has 0 spiro atoms. The van der Waals surface area contributed by atoms with Crippen LogP contribution in [-0.4, -0.2) is 53.6 Å². The highest BCUT2D eigenvalue weighted by molar-refractivity contribution is 4.56. The Morgan fingerprint density at radius 3 is 2.20 bits per heavy atom. The lowest BCUT2D eigenvalue weighted by molar-refractivity contribution is 0.155. The first-order valence-electron chi connectivity index (χ1n) is 5.70. The summed E-state index contributed by atoms with van der Waals surface area (Å²) in [5.41, 5.74) is 0. The van der Waals surface area contributed by atoms with Crippen LogP contribution in [-0.2, 0) is 9.47 Å². The second-order valence-corrected chi connectivity index (χ2v) is 3.84. The van der Waals surface area contributed by atoms with Crippen LogP contribution in [0.25, 0.3) is 0 Å². The summed E-state index contributed by atoms with van der Waals surface area (Å²) >= 11 is 0. The van der Waals surface area contributed by atoms with Gasteiger partial charge in [0.05, 0.1) is 6.61 Å². The molecule has 0 aliphatic rings. The molecule has 0 aromatic carbocycles. The SMILES string of the molecule is COCCNCCNCCC(C)COC. The molecule has 0 heterocycles. The molecule has 0 radical (unpaired) electrons. The lowest BCUT2D eigenvalue weighted by Crippen LogP contribution is -2.30. The Balaban J connectivity index is 2.98. The first kappa shape index (κ1) is 14.8. The van der Waals surface area contributed by atoms with Crippen LogP contribution in [0.2, 0.25) is 0 Å². The fourth-order valence-electron chi connectivity index (χ4n) is 1.32. The fraction of sp³-hybridized carbons (Fsp3) is 1.00. The number of hydrogen-bond acceptors (Lipinski definition) is 4. The molecule has 0 bridgehead atoms. The summed E-state index contributed by atoms with van der Waals surface area (Å²) in [5.74, 6) is 0.643. The van der Waals surface area contributed by atoms with E-state index in [4.69, 9.17) is 9.47 Å². The Hall–Kier alpha value is -0.160. The molecule has 0 saturated carbocycles. The first-order valence-corrected chi connectivity index (χ1v) is 5.70. The van der Waals surface area contributed by atoms with Crippen molar-refractivity contribution in [1.82, 2.24) is 10.6 Å². The highest BCUT2D eigenvalue weighted by Gasteiger charge is 1.99. The van der Waals surface area contributed by atoms with Gasteiger partial charge in [0.25, 0.3) is 0 Å². The van der Waals surface area contributed by atoms with Crippen LogP contribution >= 0.6 is 0 Å². The predicted molar refractivity (Wildman–Crippen MR) is 63.3 cm³/mol. The Morgan fingerprint density at radius 1 is 0.933 bits per heavy atom. The molecular weight excluding hydrogens is 192 g/mol. The maximum absolute atomic E-state index is 5.07. The van der Waals surface area contributed by atoms with Crippen LogP contribution in [0.5, 0.6) is 0 Å². The minimum absolute atomic E-state index is 0.643. The maximum Gasteiger partial charge on any atom is 0.0587 e. The van der Waals surface area contributed by atoms with Gasteiger partial charge in [-0.05, 0) is 18.9 Å². The minimum atomic E-state index is 0.643. The van der Waals surface area contributed by atoms with Gasteiger partial charge in [-0.15, -0.1) is 0 Å². The van der Waals surface area contributed by atoms with Crippen molar-refractivity contribution in [1.29, 1.82) is 0 Å². The quantitative estimate of drug-likeness (QED) is 0.495. The third-order valence-electron chi connectivity index (χ3n) is 2.23. The van der Waals surface area contributed by atoms with E-state index in [2.05, 4.69) is 17.6 Å². The summed E-state index contributed by atoms with van der Waals surface area (Å²) in [6.07, 6.45) is 1.17. The monoisotopic (exact) mass is 218 g/mol. The molecule has 1 atom stereocenters. The van der Waals surface area contributed by atoms with Crippen LogP contribution < -0.4 is 10.6 Å². The predicted octanol–water partition coefficient (Wildman–Crippen LogP) is 0.485. The van der Waals surface area contributed by atoms with Crippen molar-refractivity contribution in [3.05, 3.63) is 0 Å². The maximum atomic E-state index is 5.07. The average molecular weight is 218 g/mol. The lowest BCUT2D eigenvalue weighted by atomic mass is 10.1. The van der Waals surface area contributed by atoms with E-state index < -0.39 is 0 Å². The molecular formula is C11H26N2O2. The smallest absolute Gasteiger partial charge is 0.0587 e. The van der Waals surface area contributed by atoms with Crippen LogP contribution in [0.3, 0.4) is 0 Å². The van der Waals surface area contributed by atoms with Crippen molar-refractivity contribution >= 4 is 0 Å². The molecule has 0 aliphatic heterocycles. The average Bonchev–Trinajstić information content (AvgIpc) is 2.22. The summed E-state index contributed by atoms with van der Waals surface area (Å²) in [6.45, 7) is 7.86. The van der Waals surface area contributed by atoms with Crippen molar-refractivity contribution in [3.63, 3.8) is 0 Å². The number of methoxy groups -OCH3 is 2. The van der Waals surface area contributed by atoms with E-state index in [-0.39, 0.29) is 0 Å². The number of ether oxygens (including phenoxy) is 2. The van der Waals surface area contributed by atoms with Crippen LogP contribution in [0, 0.1) is 5.92 Å². The van der Waals surface area contributed by atoms with Gasteiger partial charge in [0, 0.05) is 40.5 Å². The van der Waals surface area contributed by atoms with Gasteiger partial charge in [0.2, 0.25) is 0 Å². The van der Waals surface area contributed by atoms with E-state index in [1.165, 1.54) is 6.42 Å². The third kappa shape index (κ3) is 11.8. The Bertz CT molecular complexity index is 123. The van der Waals surface area contributed by atoms with Gasteiger partial charge in [-0.25, -0.2) is 0 Å². The molecule has 0 rings (SSSR count). The summed E-state index contributed by atoms with van der Waals surface area (Å²) in [4.78, 5) is 0. The zero-order chi connectivity index (χ0) is 11.4. The zero-order valence-electron chi connectivity index (χ0n) is 10.3. The zero-order valence-corrected chi connectivity index (χ0v) is 10.3. The van der Waals surface area contributed by atoms with Crippen molar-refractivity contribution in [2.45, 2.75) is 13.3 Å². The van der Waals surface area contributed by atoms with Crippen LogP contribution in [0.1, 0.15) is 13.3 Å². The van der Waals surface area contributed by atoms with Gasteiger partial charge in [0.15, 0.2) is 0 Å². The first-order chi connectivity index (χ1) is 7.31. The largest absolute Gasteiger partial charge is 0.384 e. The Kier molecular flexibility index (Phi) is 11.8. The molecule has 0 fully saturated rings. The van der Waals surface area contributed by atoms with Gasteiger partial charge in [-0.1, -0.05) is 6.92 Å². The van der Waals surface area contributed by atoms with Gasteiger partial charge < -0.3 is 20.1 Å². The molecule has 2 N–H and O–H groups in total. The summed E-state index contributed by atoms with van der Waals surface area (Å²) in [6, 6.07) is 0. The summed E-state index contributed by atoms with van der Waals surface area (Å²) in [5, 5.41) is 6.68. The molecule has 0 saturated heterocycles. The highest BCUT2D eigenvalue weighted by atomic mass is 16.5. The van der Waals surface area contributed by atoms with E-state index >= 15 is 0 Å². The third-order valence-corrected chi connectivity index (χ3v) is 2.23. The van der Waals surface area contributed by atoms with Gasteiger partial charge in [-0.2, -0.15) is 0 Å². The van der Waals surface area contributed by atoms with Gasteiger partial charge >= 0.3 is 0 Å². The van der Waals surface area contributed by atoms with Crippen LogP contribution in [0.4, 0.5) is 0 Å². The highest BCUT2D eigenvalue weighted by Crippen LogP contribution is 1.99. The van der Waals surface area contributed by atoms with Crippen molar-refractivity contribution < 1.29 is 9.47 Å². The Labute approximate surface area is 93.7 Å².